The fourth-order valence-corrected chi connectivity index (χ4v) is 9.48. The Bertz CT molecular complexity index is 1520. The SMILES string of the molecule is C=C1CC[C@H](OC(=O)NCCOCCOCCNC(=O)CCCCCCC(=O)ON2C(=O)CCC2=O)C/C1=C/C=C1\CCC[C@@]2(C)C1CC[C@@H]2C(C)CC[C@@H](O)C(C)(C)O. The minimum Gasteiger partial charge on any atom is -0.446 e. The highest BCUT2D eigenvalue weighted by atomic mass is 16.7. The predicted octanol–water partition coefficient (Wildman–Crippen LogP) is 6.54. The molecule has 4 N–H and O–H groups in total. The molecule has 6 atom stereocenters. The number of ether oxygens (including phenoxy) is 3. The van der Waals surface area contributed by atoms with Crippen molar-refractivity contribution >= 4 is 29.8 Å². The molecule has 1 saturated heterocycles. The summed E-state index contributed by atoms with van der Waals surface area (Å²) in [5.41, 5.74) is 2.93. The number of hydrogen-bond donors (Lipinski definition) is 4. The second-order valence-corrected chi connectivity index (χ2v) is 18.1. The van der Waals surface area contributed by atoms with E-state index in [1.807, 2.05) is 0 Å². The maximum Gasteiger partial charge on any atom is 0.407 e. The van der Waals surface area contributed by atoms with Crippen LogP contribution in [0.4, 0.5) is 4.79 Å². The Kier molecular flexibility index (Phi) is 19.8. The van der Waals surface area contributed by atoms with Gasteiger partial charge >= 0.3 is 12.1 Å². The maximum atomic E-state index is 12.6. The number of alkyl carbamates (subject to hydrolysis) is 1. The smallest absolute Gasteiger partial charge is 0.407 e. The highest BCUT2D eigenvalue weighted by molar-refractivity contribution is 6.01. The highest BCUT2D eigenvalue weighted by Crippen LogP contribution is 2.60. The predicted molar refractivity (Wildman–Crippen MR) is 226 cm³/mol. The number of allylic oxidation sites excluding steroid dienone is 4. The molecule has 0 aromatic heterocycles. The van der Waals surface area contributed by atoms with Gasteiger partial charge in [0.15, 0.2) is 0 Å². The summed E-state index contributed by atoms with van der Waals surface area (Å²) >= 11 is 0. The fourth-order valence-electron chi connectivity index (χ4n) is 9.48. The van der Waals surface area contributed by atoms with Gasteiger partial charge in [0.05, 0.1) is 38.1 Å². The Morgan fingerprint density at radius 1 is 0.900 bits per heavy atom. The molecule has 3 saturated carbocycles. The number of carbonyl (C=O) groups is 5. The number of carbonyl (C=O) groups excluding carboxylic acids is 5. The van der Waals surface area contributed by atoms with Crippen molar-refractivity contribution in [3.05, 3.63) is 35.5 Å². The number of nitrogens with one attached hydrogen (secondary N) is 2. The van der Waals surface area contributed by atoms with Gasteiger partial charge in [-0.2, -0.15) is 0 Å². The van der Waals surface area contributed by atoms with Crippen LogP contribution in [-0.4, -0.2) is 102 Å². The van der Waals surface area contributed by atoms with Crippen molar-refractivity contribution in [3.8, 4) is 0 Å². The van der Waals surface area contributed by atoms with Crippen molar-refractivity contribution in [1.82, 2.24) is 15.7 Å². The topological polar surface area (TPSA) is 190 Å². The Balaban J connectivity index is 1.01. The third-order valence-corrected chi connectivity index (χ3v) is 13.1. The lowest BCUT2D eigenvalue weighted by Gasteiger charge is -2.44. The van der Waals surface area contributed by atoms with Crippen LogP contribution >= 0.6 is 0 Å². The van der Waals surface area contributed by atoms with Gasteiger partial charge in [-0.05, 0) is 113 Å². The summed E-state index contributed by atoms with van der Waals surface area (Å²) in [6, 6.07) is 0. The van der Waals surface area contributed by atoms with E-state index in [9.17, 15) is 34.2 Å². The zero-order chi connectivity index (χ0) is 43.7. The molecule has 14 nitrogen and oxygen atoms in total. The Labute approximate surface area is 357 Å². The molecule has 0 aromatic carbocycles. The monoisotopic (exact) mass is 844 g/mol. The molecule has 2 unspecified atom stereocenters. The number of nitrogens with zero attached hydrogens (tertiary/aromatic N) is 1. The number of hydroxylamine groups is 2. The van der Waals surface area contributed by atoms with Gasteiger partial charge in [0, 0.05) is 45.2 Å². The van der Waals surface area contributed by atoms with Crippen LogP contribution in [0.2, 0.25) is 0 Å². The van der Waals surface area contributed by atoms with Crippen molar-refractivity contribution in [2.24, 2.45) is 23.2 Å². The van der Waals surface area contributed by atoms with E-state index < -0.39 is 35.6 Å². The molecule has 60 heavy (non-hydrogen) atoms. The van der Waals surface area contributed by atoms with E-state index in [0.717, 1.165) is 49.7 Å². The van der Waals surface area contributed by atoms with E-state index in [1.165, 1.54) is 31.3 Å². The zero-order valence-electron chi connectivity index (χ0n) is 36.7. The van der Waals surface area contributed by atoms with Crippen molar-refractivity contribution in [2.75, 3.05) is 39.5 Å². The number of unbranched alkanes of at least 4 members (excludes halogenated alkanes) is 3. The van der Waals surface area contributed by atoms with E-state index in [0.29, 0.717) is 94.4 Å². The minimum absolute atomic E-state index is 0.0666. The summed E-state index contributed by atoms with van der Waals surface area (Å²) in [5.74, 6) is -0.0377. The van der Waals surface area contributed by atoms with Gasteiger partial charge in [0.25, 0.3) is 11.8 Å². The van der Waals surface area contributed by atoms with Crippen LogP contribution in [0, 0.1) is 23.2 Å². The van der Waals surface area contributed by atoms with Crippen LogP contribution in [0.3, 0.4) is 0 Å². The number of imide groups is 1. The highest BCUT2D eigenvalue weighted by Gasteiger charge is 2.50. The third kappa shape index (κ3) is 15.4. The lowest BCUT2D eigenvalue weighted by Crippen LogP contribution is -2.38. The van der Waals surface area contributed by atoms with Crippen LogP contribution < -0.4 is 10.6 Å². The van der Waals surface area contributed by atoms with Crippen molar-refractivity contribution in [2.45, 2.75) is 161 Å². The first-order valence-electron chi connectivity index (χ1n) is 22.5. The molecule has 1 aliphatic heterocycles. The van der Waals surface area contributed by atoms with Crippen molar-refractivity contribution < 1.29 is 53.2 Å². The van der Waals surface area contributed by atoms with E-state index in [1.54, 1.807) is 13.8 Å². The lowest BCUT2D eigenvalue weighted by molar-refractivity contribution is -0.197. The molecular weight excluding hydrogens is 771 g/mol. The first-order valence-corrected chi connectivity index (χ1v) is 22.5. The quantitative estimate of drug-likeness (QED) is 0.0610. The standard InChI is InChI=1S/C46H73N3O11/c1-32-14-18-36(31-35(32)17-16-34-11-10-24-46(5)37(19-20-38(34)46)33(2)15-21-39(50)45(3,4)56)59-44(55)48-26-28-58-30-29-57-27-25-47-40(51)12-8-6-7-9-13-43(54)60-49-41(52)22-23-42(49)53/h16-17,33,36-39,50,56H,1,6-15,18-31H2,2-5H3,(H,47,51)(H,48,55)/b34-16+,35-17-/t33?,36-,37+,38?,39+,46+/m0/s1. The van der Waals surface area contributed by atoms with Crippen molar-refractivity contribution in [1.29, 1.82) is 0 Å². The van der Waals surface area contributed by atoms with Crippen LogP contribution in [-0.2, 0) is 38.2 Å². The first-order chi connectivity index (χ1) is 28.6. The average Bonchev–Trinajstić information content (AvgIpc) is 3.72. The molecule has 0 spiro atoms. The molecule has 4 amide bonds. The second-order valence-electron chi connectivity index (χ2n) is 18.1. The zero-order valence-corrected chi connectivity index (χ0v) is 36.7. The van der Waals surface area contributed by atoms with E-state index >= 15 is 0 Å². The summed E-state index contributed by atoms with van der Waals surface area (Å²) in [7, 11) is 0. The van der Waals surface area contributed by atoms with Crippen LogP contribution in [0.25, 0.3) is 0 Å². The van der Waals surface area contributed by atoms with E-state index in [2.05, 4.69) is 43.2 Å². The normalized spacial score (nSPS) is 25.7. The van der Waals surface area contributed by atoms with Gasteiger partial charge in [-0.15, -0.1) is 5.06 Å². The number of amides is 4. The molecule has 3 aliphatic carbocycles. The largest absolute Gasteiger partial charge is 0.446 e. The molecule has 0 radical (unpaired) electrons. The van der Waals surface area contributed by atoms with Crippen LogP contribution in [0.5, 0.6) is 0 Å². The summed E-state index contributed by atoms with van der Waals surface area (Å²) in [6.07, 6.45) is 16.1. The molecule has 1 heterocycles. The Hall–Kier alpha value is -3.59. The molecule has 0 aromatic rings. The van der Waals surface area contributed by atoms with E-state index in [4.69, 9.17) is 19.0 Å². The summed E-state index contributed by atoms with van der Waals surface area (Å²) < 4.78 is 16.9. The molecular formula is C46H73N3O11. The second kappa shape index (κ2) is 24.2. The van der Waals surface area contributed by atoms with Crippen LogP contribution in [0.15, 0.2) is 35.5 Å². The van der Waals surface area contributed by atoms with Gasteiger partial charge < -0.3 is 39.9 Å². The van der Waals surface area contributed by atoms with Gasteiger partial charge in [-0.1, -0.05) is 56.6 Å². The molecule has 338 valence electrons. The van der Waals surface area contributed by atoms with E-state index in [-0.39, 0.29) is 36.7 Å². The van der Waals surface area contributed by atoms with Crippen LogP contribution in [0.1, 0.15) is 143 Å². The van der Waals surface area contributed by atoms with Gasteiger partial charge in [-0.25, -0.2) is 9.59 Å². The third-order valence-electron chi connectivity index (χ3n) is 13.1. The summed E-state index contributed by atoms with van der Waals surface area (Å²) in [5, 5.41) is 26.8. The number of aliphatic hydroxyl groups excluding tert-OH is 1. The van der Waals surface area contributed by atoms with Crippen molar-refractivity contribution in [3.63, 3.8) is 0 Å². The van der Waals surface area contributed by atoms with Gasteiger partial charge in [0.1, 0.15) is 6.10 Å². The molecule has 4 aliphatic rings. The number of hydrogen-bond acceptors (Lipinski definition) is 11. The average molecular weight is 844 g/mol. The molecule has 14 heteroatoms. The minimum atomic E-state index is -1.08. The summed E-state index contributed by atoms with van der Waals surface area (Å²) in [6.45, 7) is 14.5. The Morgan fingerprint density at radius 3 is 2.25 bits per heavy atom. The maximum absolute atomic E-state index is 12.6. The first kappa shape index (κ1) is 49.1. The summed E-state index contributed by atoms with van der Waals surface area (Å²) in [4.78, 5) is 64.3. The van der Waals surface area contributed by atoms with Gasteiger partial charge in [0.2, 0.25) is 5.91 Å². The fraction of sp³-hybridized carbons (Fsp3) is 0.761. The lowest BCUT2D eigenvalue weighted by atomic mass is 9.60. The van der Waals surface area contributed by atoms with Gasteiger partial charge in [-0.3, -0.25) is 14.4 Å². The number of fused-ring (bicyclic) bond motifs is 1. The molecule has 4 rings (SSSR count). The number of rotatable bonds is 24. The molecule has 0 bridgehead atoms. The number of aliphatic hydroxyl groups is 2. The Morgan fingerprint density at radius 2 is 1.57 bits per heavy atom. The molecule has 4 fully saturated rings.